The lowest BCUT2D eigenvalue weighted by Crippen LogP contribution is -1.97. The van der Waals surface area contributed by atoms with Gasteiger partial charge in [-0.3, -0.25) is 0 Å². The van der Waals surface area contributed by atoms with Crippen LogP contribution in [-0.4, -0.2) is 9.13 Å². The molecule has 0 radical (unpaired) electrons. The Morgan fingerprint density at radius 2 is 0.700 bits per heavy atom. The molecule has 0 saturated heterocycles. The van der Waals surface area contributed by atoms with Crippen LogP contribution in [-0.2, 0) is 0 Å². The Morgan fingerprint density at radius 3 is 1.38 bits per heavy atom. The first-order valence-corrected chi connectivity index (χ1v) is 17.2. The largest absolute Gasteiger partial charge is 0.309 e. The van der Waals surface area contributed by atoms with Crippen LogP contribution in [0.5, 0.6) is 0 Å². The Labute approximate surface area is 290 Å². The summed E-state index contributed by atoms with van der Waals surface area (Å²) in [6.45, 7) is 0. The van der Waals surface area contributed by atoms with Crippen molar-refractivity contribution < 1.29 is 0 Å². The minimum Gasteiger partial charge on any atom is -0.309 e. The zero-order valence-corrected chi connectivity index (χ0v) is 27.4. The van der Waals surface area contributed by atoms with Crippen LogP contribution in [0.1, 0.15) is 0 Å². The quantitative estimate of drug-likeness (QED) is 0.178. The van der Waals surface area contributed by atoms with Gasteiger partial charge in [-0.1, -0.05) is 140 Å². The third-order valence-corrected chi connectivity index (χ3v) is 10.1. The monoisotopic (exact) mass is 636 g/mol. The number of aromatic nitrogens is 2. The summed E-state index contributed by atoms with van der Waals surface area (Å²) in [6.07, 6.45) is 0. The lowest BCUT2D eigenvalue weighted by Gasteiger charge is -2.15. The van der Waals surface area contributed by atoms with E-state index in [9.17, 15) is 0 Å². The first-order chi connectivity index (χ1) is 24.8. The first kappa shape index (κ1) is 28.4. The molecule has 10 rings (SSSR count). The highest BCUT2D eigenvalue weighted by atomic mass is 15.0. The van der Waals surface area contributed by atoms with Gasteiger partial charge in [-0.2, -0.15) is 0 Å². The molecule has 2 nitrogen and oxygen atoms in total. The summed E-state index contributed by atoms with van der Waals surface area (Å²) in [5, 5.41) is 5.01. The van der Waals surface area contributed by atoms with Crippen LogP contribution < -0.4 is 0 Å². The Bertz CT molecular complexity index is 2840. The fourth-order valence-corrected chi connectivity index (χ4v) is 7.81. The molecule has 0 amide bonds. The zero-order valence-electron chi connectivity index (χ0n) is 27.4. The number of rotatable bonds is 5. The van der Waals surface area contributed by atoms with Crippen molar-refractivity contribution in [1.82, 2.24) is 9.13 Å². The predicted molar refractivity (Wildman–Crippen MR) is 211 cm³/mol. The van der Waals surface area contributed by atoms with E-state index in [4.69, 9.17) is 0 Å². The summed E-state index contributed by atoms with van der Waals surface area (Å²) in [5.74, 6) is 0. The van der Waals surface area contributed by atoms with E-state index in [1.54, 1.807) is 0 Å². The number of nitrogens with zero attached hydrogens (tertiary/aromatic N) is 2. The van der Waals surface area contributed by atoms with Gasteiger partial charge in [-0.15, -0.1) is 0 Å². The van der Waals surface area contributed by atoms with Crippen LogP contribution in [0.4, 0.5) is 0 Å². The molecule has 0 aliphatic heterocycles. The second kappa shape index (κ2) is 11.5. The maximum atomic E-state index is 2.44. The van der Waals surface area contributed by atoms with Crippen LogP contribution in [0.2, 0.25) is 0 Å². The Morgan fingerprint density at radius 1 is 0.260 bits per heavy atom. The molecule has 8 aromatic carbocycles. The minimum absolute atomic E-state index is 1.16. The normalized spacial score (nSPS) is 11.6. The van der Waals surface area contributed by atoms with Crippen molar-refractivity contribution in [2.75, 3.05) is 0 Å². The number of hydrogen-bond acceptors (Lipinski definition) is 0. The van der Waals surface area contributed by atoms with Crippen LogP contribution in [0.3, 0.4) is 0 Å². The van der Waals surface area contributed by atoms with Crippen molar-refractivity contribution in [1.29, 1.82) is 0 Å². The minimum atomic E-state index is 1.16. The van der Waals surface area contributed by atoms with Crippen LogP contribution in [0, 0.1) is 0 Å². The highest BCUT2D eigenvalue weighted by molar-refractivity contribution is 6.12. The number of hydrogen-bond donors (Lipinski definition) is 0. The topological polar surface area (TPSA) is 9.86 Å². The SMILES string of the molecule is c1ccc(-c2ccc(-n3c4ccccc4c4cc(-c5ccccc5-n5c6ccccc6c6cc(-c7ccccc7)ccc65)ccc43)cc2)cc1. The molecule has 50 heavy (non-hydrogen) atoms. The van der Waals surface area contributed by atoms with E-state index in [-0.39, 0.29) is 0 Å². The lowest BCUT2D eigenvalue weighted by atomic mass is 10.0. The van der Waals surface area contributed by atoms with Gasteiger partial charge >= 0.3 is 0 Å². The van der Waals surface area contributed by atoms with Crippen molar-refractivity contribution in [2.24, 2.45) is 0 Å². The molecule has 2 heterocycles. The van der Waals surface area contributed by atoms with Gasteiger partial charge in [0.1, 0.15) is 0 Å². The molecule has 0 bridgehead atoms. The molecule has 10 aromatic rings. The van der Waals surface area contributed by atoms with Gasteiger partial charge in [0.25, 0.3) is 0 Å². The van der Waals surface area contributed by atoms with E-state index < -0.39 is 0 Å². The number of para-hydroxylation sites is 3. The average molecular weight is 637 g/mol. The van der Waals surface area contributed by atoms with Crippen LogP contribution >= 0.6 is 0 Å². The molecule has 0 N–H and O–H groups in total. The number of benzene rings is 8. The molecular formula is C48H32N2. The van der Waals surface area contributed by atoms with Gasteiger partial charge in [0.05, 0.1) is 27.8 Å². The van der Waals surface area contributed by atoms with E-state index in [1.165, 1.54) is 82.7 Å². The molecule has 0 aliphatic rings. The second-order valence-corrected chi connectivity index (χ2v) is 13.0. The van der Waals surface area contributed by atoms with E-state index in [0.29, 0.717) is 0 Å². The smallest absolute Gasteiger partial charge is 0.0541 e. The van der Waals surface area contributed by atoms with Gasteiger partial charge in [-0.25, -0.2) is 0 Å². The molecule has 2 aromatic heterocycles. The van der Waals surface area contributed by atoms with Crippen LogP contribution in [0.25, 0.3) is 88.4 Å². The highest BCUT2D eigenvalue weighted by Gasteiger charge is 2.18. The third-order valence-electron chi connectivity index (χ3n) is 10.1. The lowest BCUT2D eigenvalue weighted by molar-refractivity contribution is 1.18. The molecule has 0 unspecified atom stereocenters. The summed E-state index contributed by atoms with van der Waals surface area (Å²) in [7, 11) is 0. The maximum Gasteiger partial charge on any atom is 0.0541 e. The standard InChI is InChI=1S/C48H32N2/c1-3-13-33(14-4-1)35-23-27-38(28-24-35)49-45-21-11-8-18-40(45)43-32-37(26-30-47(43)49)39-17-7-10-20-44(39)50-46-22-12-9-19-41(46)42-31-36(25-29-48(42)50)34-15-5-2-6-16-34/h1-32H. The van der Waals surface area contributed by atoms with Crippen molar-refractivity contribution in [3.8, 4) is 44.8 Å². The molecule has 0 spiro atoms. The van der Waals surface area contributed by atoms with Gasteiger partial charge in [0.15, 0.2) is 0 Å². The highest BCUT2D eigenvalue weighted by Crippen LogP contribution is 2.40. The predicted octanol–water partition coefficient (Wildman–Crippen LogP) is 12.9. The summed E-state index contributed by atoms with van der Waals surface area (Å²) in [4.78, 5) is 0. The van der Waals surface area contributed by atoms with Gasteiger partial charge < -0.3 is 9.13 Å². The second-order valence-electron chi connectivity index (χ2n) is 13.0. The molecule has 0 saturated carbocycles. The van der Waals surface area contributed by atoms with E-state index in [0.717, 1.165) is 5.69 Å². The molecule has 0 fully saturated rings. The van der Waals surface area contributed by atoms with E-state index in [2.05, 4.69) is 203 Å². The van der Waals surface area contributed by atoms with Gasteiger partial charge in [0.2, 0.25) is 0 Å². The summed E-state index contributed by atoms with van der Waals surface area (Å²) < 4.78 is 4.84. The fourth-order valence-electron chi connectivity index (χ4n) is 7.81. The third kappa shape index (κ3) is 4.50. The Hall–Kier alpha value is -6.64. The van der Waals surface area contributed by atoms with Crippen LogP contribution in [0.15, 0.2) is 194 Å². The van der Waals surface area contributed by atoms with Crippen molar-refractivity contribution >= 4 is 43.6 Å². The van der Waals surface area contributed by atoms with Crippen molar-refractivity contribution in [3.63, 3.8) is 0 Å². The first-order valence-electron chi connectivity index (χ1n) is 17.2. The molecule has 2 heteroatoms. The van der Waals surface area contributed by atoms with Gasteiger partial charge in [0, 0.05) is 32.8 Å². The van der Waals surface area contributed by atoms with Gasteiger partial charge in [-0.05, 0) is 82.4 Å². The maximum absolute atomic E-state index is 2.44. The van der Waals surface area contributed by atoms with Crippen molar-refractivity contribution in [2.45, 2.75) is 0 Å². The van der Waals surface area contributed by atoms with E-state index >= 15 is 0 Å². The Balaban J connectivity index is 1.14. The summed E-state index contributed by atoms with van der Waals surface area (Å²) in [5.41, 5.74) is 14.4. The van der Waals surface area contributed by atoms with E-state index in [1.807, 2.05) is 0 Å². The Kier molecular flexibility index (Phi) is 6.53. The molecule has 0 aliphatic carbocycles. The summed E-state index contributed by atoms with van der Waals surface area (Å²) >= 11 is 0. The molecule has 0 atom stereocenters. The number of fused-ring (bicyclic) bond motifs is 6. The fraction of sp³-hybridized carbons (Fsp3) is 0. The average Bonchev–Trinajstić information content (AvgIpc) is 3.71. The van der Waals surface area contributed by atoms with Crippen molar-refractivity contribution in [3.05, 3.63) is 194 Å². The zero-order chi connectivity index (χ0) is 33.0. The molecular weight excluding hydrogens is 605 g/mol. The summed E-state index contributed by atoms with van der Waals surface area (Å²) in [6, 6.07) is 70.4. The molecule has 234 valence electrons.